The van der Waals surface area contributed by atoms with Crippen molar-refractivity contribution in [3.05, 3.63) is 41.2 Å². The molecule has 1 aromatic carbocycles. The van der Waals surface area contributed by atoms with Crippen molar-refractivity contribution < 1.29 is 13.9 Å². The molecule has 0 atom stereocenters. The number of piperidine rings is 1. The van der Waals surface area contributed by atoms with Crippen molar-refractivity contribution in [2.24, 2.45) is 5.73 Å². The largest absolute Gasteiger partial charge is 0.444 e. The molecule has 1 fully saturated rings. The zero-order valence-corrected chi connectivity index (χ0v) is 15.5. The van der Waals surface area contributed by atoms with Crippen LogP contribution in [0.3, 0.4) is 0 Å². The molecule has 1 aliphatic rings. The maximum absolute atomic E-state index is 12.5. The summed E-state index contributed by atoms with van der Waals surface area (Å²) >= 11 is 5.89. The Bertz CT molecular complexity index is 709. The Labute approximate surface area is 158 Å². The Morgan fingerprint density at radius 3 is 2.73 bits per heavy atom. The number of oxazole rings is 1. The van der Waals surface area contributed by atoms with Gasteiger partial charge in [0.1, 0.15) is 6.26 Å². The molecule has 1 aromatic heterocycles. The molecule has 2 N–H and O–H groups in total. The first-order chi connectivity index (χ1) is 12.7. The number of ether oxygens (including phenoxy) is 1. The number of hydrogen-bond acceptors (Lipinski definition) is 5. The molecule has 0 saturated carbocycles. The number of halogens is 1. The maximum atomic E-state index is 12.5. The highest BCUT2D eigenvalue weighted by molar-refractivity contribution is 6.30. The molecule has 7 heteroatoms. The Kier molecular flexibility index (Phi) is 6.66. The first kappa shape index (κ1) is 18.9. The van der Waals surface area contributed by atoms with Crippen LogP contribution in [0, 0.1) is 0 Å². The quantitative estimate of drug-likeness (QED) is 0.750. The van der Waals surface area contributed by atoms with Crippen LogP contribution in [0.5, 0.6) is 0 Å². The fourth-order valence-corrected chi connectivity index (χ4v) is 3.11. The summed E-state index contributed by atoms with van der Waals surface area (Å²) in [6, 6.07) is 7.25. The van der Waals surface area contributed by atoms with E-state index in [0.717, 1.165) is 24.8 Å². The molecule has 6 nitrogen and oxygen atoms in total. The van der Waals surface area contributed by atoms with Gasteiger partial charge in [0.15, 0.2) is 0 Å². The second-order valence-corrected chi connectivity index (χ2v) is 6.86. The lowest BCUT2D eigenvalue weighted by molar-refractivity contribution is -0.133. The second kappa shape index (κ2) is 9.16. The van der Waals surface area contributed by atoms with E-state index in [4.69, 9.17) is 26.5 Å². The zero-order valence-electron chi connectivity index (χ0n) is 14.7. The molecule has 26 heavy (non-hydrogen) atoms. The zero-order chi connectivity index (χ0) is 18.4. The van der Waals surface area contributed by atoms with Crippen LogP contribution in [-0.4, -0.2) is 48.1 Å². The minimum Gasteiger partial charge on any atom is -0.444 e. The molecule has 1 amide bonds. The SMILES string of the molecule is NCCCOC1CCN(C(=O)Cc2coc(-c3ccc(Cl)cc3)n2)CC1. The fraction of sp³-hybridized carbons (Fsp3) is 0.474. The maximum Gasteiger partial charge on any atom is 0.228 e. The van der Waals surface area contributed by atoms with Gasteiger partial charge in [-0.15, -0.1) is 0 Å². The minimum atomic E-state index is 0.0707. The molecule has 0 radical (unpaired) electrons. The third-order valence-corrected chi connectivity index (χ3v) is 4.72. The number of benzene rings is 1. The first-order valence-electron chi connectivity index (χ1n) is 8.95. The van der Waals surface area contributed by atoms with E-state index in [1.807, 2.05) is 17.0 Å². The number of rotatable bonds is 7. The predicted molar refractivity (Wildman–Crippen MR) is 99.9 cm³/mol. The molecule has 0 unspecified atom stereocenters. The summed E-state index contributed by atoms with van der Waals surface area (Å²) in [4.78, 5) is 18.8. The molecule has 2 heterocycles. The molecule has 0 bridgehead atoms. The second-order valence-electron chi connectivity index (χ2n) is 6.42. The number of carbonyl (C=O) groups excluding carboxylic acids is 1. The van der Waals surface area contributed by atoms with E-state index in [1.165, 1.54) is 0 Å². The van der Waals surface area contributed by atoms with Gasteiger partial charge in [-0.3, -0.25) is 4.79 Å². The summed E-state index contributed by atoms with van der Waals surface area (Å²) < 4.78 is 11.3. The molecule has 1 aliphatic heterocycles. The third kappa shape index (κ3) is 5.06. The Morgan fingerprint density at radius 1 is 1.31 bits per heavy atom. The van der Waals surface area contributed by atoms with Crippen molar-refractivity contribution in [3.8, 4) is 11.5 Å². The number of amides is 1. The van der Waals surface area contributed by atoms with Crippen molar-refractivity contribution in [2.45, 2.75) is 31.8 Å². The van der Waals surface area contributed by atoms with Gasteiger partial charge in [-0.2, -0.15) is 0 Å². The average Bonchev–Trinajstić information content (AvgIpc) is 3.11. The van der Waals surface area contributed by atoms with Crippen LogP contribution < -0.4 is 5.73 Å². The number of hydrogen-bond donors (Lipinski definition) is 1. The summed E-state index contributed by atoms with van der Waals surface area (Å²) in [5.74, 6) is 0.567. The van der Waals surface area contributed by atoms with E-state index < -0.39 is 0 Å². The van der Waals surface area contributed by atoms with E-state index in [2.05, 4.69) is 4.98 Å². The van der Waals surface area contributed by atoms with Crippen LogP contribution >= 0.6 is 11.6 Å². The number of nitrogens with two attached hydrogens (primary N) is 1. The fourth-order valence-electron chi connectivity index (χ4n) is 2.99. The van der Waals surface area contributed by atoms with Crippen LogP contribution in [0.25, 0.3) is 11.5 Å². The normalized spacial score (nSPS) is 15.4. The molecule has 1 saturated heterocycles. The van der Waals surface area contributed by atoms with Gasteiger partial charge in [-0.1, -0.05) is 11.6 Å². The van der Waals surface area contributed by atoms with Gasteiger partial charge < -0.3 is 19.8 Å². The van der Waals surface area contributed by atoms with Gasteiger partial charge in [-0.25, -0.2) is 4.98 Å². The van der Waals surface area contributed by atoms with Crippen LogP contribution in [0.1, 0.15) is 25.0 Å². The first-order valence-corrected chi connectivity index (χ1v) is 9.33. The Hall–Kier alpha value is -1.89. The Morgan fingerprint density at radius 2 is 2.04 bits per heavy atom. The highest BCUT2D eigenvalue weighted by atomic mass is 35.5. The molecule has 0 aliphatic carbocycles. The third-order valence-electron chi connectivity index (χ3n) is 4.47. The lowest BCUT2D eigenvalue weighted by Gasteiger charge is -2.31. The van der Waals surface area contributed by atoms with Gasteiger partial charge in [0, 0.05) is 30.3 Å². The Balaban J connectivity index is 1.49. The van der Waals surface area contributed by atoms with Gasteiger partial charge in [0.05, 0.1) is 18.2 Å². The molecular formula is C19H24ClN3O3. The average molecular weight is 378 g/mol. The molecular weight excluding hydrogens is 354 g/mol. The van der Waals surface area contributed by atoms with E-state index >= 15 is 0 Å². The van der Waals surface area contributed by atoms with Crippen molar-refractivity contribution >= 4 is 17.5 Å². The van der Waals surface area contributed by atoms with Crippen LogP contribution in [0.4, 0.5) is 0 Å². The molecule has 140 valence electrons. The topological polar surface area (TPSA) is 81.6 Å². The van der Waals surface area contributed by atoms with Gasteiger partial charge in [-0.05, 0) is 50.1 Å². The summed E-state index contributed by atoms with van der Waals surface area (Å²) in [5.41, 5.74) is 6.95. The number of nitrogens with zero attached hydrogens (tertiary/aromatic N) is 2. The minimum absolute atomic E-state index is 0.0707. The molecule has 0 spiro atoms. The van der Waals surface area contributed by atoms with E-state index in [-0.39, 0.29) is 18.4 Å². The van der Waals surface area contributed by atoms with E-state index in [9.17, 15) is 4.79 Å². The predicted octanol–water partition coefficient (Wildman–Crippen LogP) is 2.89. The monoisotopic (exact) mass is 377 g/mol. The molecule has 3 rings (SSSR count). The smallest absolute Gasteiger partial charge is 0.228 e. The summed E-state index contributed by atoms with van der Waals surface area (Å²) in [6.45, 7) is 2.77. The van der Waals surface area contributed by atoms with Gasteiger partial charge in [0.25, 0.3) is 0 Å². The number of carbonyl (C=O) groups is 1. The van der Waals surface area contributed by atoms with Crippen molar-refractivity contribution in [2.75, 3.05) is 26.2 Å². The summed E-state index contributed by atoms with van der Waals surface area (Å²) in [5, 5.41) is 0.658. The molecule has 2 aromatic rings. The number of aromatic nitrogens is 1. The van der Waals surface area contributed by atoms with Crippen molar-refractivity contribution in [1.82, 2.24) is 9.88 Å². The highest BCUT2D eigenvalue weighted by Gasteiger charge is 2.24. The van der Waals surface area contributed by atoms with Crippen molar-refractivity contribution in [1.29, 1.82) is 0 Å². The standard InChI is InChI=1S/C19H24ClN3O3/c20-15-4-2-14(3-5-15)19-22-16(13-26-19)12-18(24)23-9-6-17(7-10-23)25-11-1-8-21/h2-5,13,17H,1,6-12,21H2. The highest BCUT2D eigenvalue weighted by Crippen LogP contribution is 2.21. The van der Waals surface area contributed by atoms with Gasteiger partial charge in [0.2, 0.25) is 11.8 Å². The number of likely N-dealkylation sites (tertiary alicyclic amines) is 1. The lowest BCUT2D eigenvalue weighted by atomic mass is 10.1. The van der Waals surface area contributed by atoms with Crippen LogP contribution in [0.15, 0.2) is 34.9 Å². The van der Waals surface area contributed by atoms with Crippen molar-refractivity contribution in [3.63, 3.8) is 0 Å². The van der Waals surface area contributed by atoms with E-state index in [0.29, 0.717) is 42.8 Å². The van der Waals surface area contributed by atoms with Crippen LogP contribution in [-0.2, 0) is 16.0 Å². The summed E-state index contributed by atoms with van der Waals surface area (Å²) in [6.07, 6.45) is 4.63. The van der Waals surface area contributed by atoms with Gasteiger partial charge >= 0.3 is 0 Å². The lowest BCUT2D eigenvalue weighted by Crippen LogP contribution is -2.41. The van der Waals surface area contributed by atoms with Crippen LogP contribution in [0.2, 0.25) is 5.02 Å². The summed E-state index contributed by atoms with van der Waals surface area (Å²) in [7, 11) is 0. The van der Waals surface area contributed by atoms with E-state index in [1.54, 1.807) is 18.4 Å².